The minimum absolute atomic E-state index is 0.107. The number of urea groups is 1. The van der Waals surface area contributed by atoms with Gasteiger partial charge in [-0.2, -0.15) is 10.2 Å². The smallest absolute Gasteiger partial charge is 0.323 e. The van der Waals surface area contributed by atoms with Crippen LogP contribution in [0.4, 0.5) is 26.4 Å². The van der Waals surface area contributed by atoms with Crippen molar-refractivity contribution in [3.63, 3.8) is 0 Å². The van der Waals surface area contributed by atoms with Crippen LogP contribution in [0.3, 0.4) is 0 Å². The molecule has 0 fully saturated rings. The maximum absolute atomic E-state index is 13.8. The first-order valence-electron chi connectivity index (χ1n) is 9.13. The molecule has 2 aromatic carbocycles. The number of H-pyrrole nitrogens is 1. The van der Waals surface area contributed by atoms with Crippen LogP contribution >= 0.6 is 0 Å². The van der Waals surface area contributed by atoms with Crippen molar-refractivity contribution in [2.75, 3.05) is 16.4 Å². The van der Waals surface area contributed by atoms with Crippen LogP contribution in [0.5, 0.6) is 0 Å². The maximum Gasteiger partial charge on any atom is 0.323 e. The Kier molecular flexibility index (Phi) is 5.77. The SMILES string of the molecule is CC.Cc1ccc(F)c(NC(=O)Nc2cnn(-c3cccc4[nH]nc(N)c34)c2)c1. The summed E-state index contributed by atoms with van der Waals surface area (Å²) in [6, 6.07) is 9.46. The Bertz CT molecular complexity index is 1150. The summed E-state index contributed by atoms with van der Waals surface area (Å²) < 4.78 is 15.4. The number of carbonyl (C=O) groups excluding carboxylic acids is 1. The molecule has 0 aliphatic heterocycles. The van der Waals surface area contributed by atoms with Gasteiger partial charge in [0.15, 0.2) is 5.82 Å². The van der Waals surface area contributed by atoms with Gasteiger partial charge < -0.3 is 16.4 Å². The van der Waals surface area contributed by atoms with E-state index in [1.165, 1.54) is 12.3 Å². The van der Waals surface area contributed by atoms with E-state index in [0.29, 0.717) is 11.5 Å². The number of fused-ring (bicyclic) bond motifs is 1. The minimum Gasteiger partial charge on any atom is -0.382 e. The number of hydrogen-bond donors (Lipinski definition) is 4. The van der Waals surface area contributed by atoms with Crippen LogP contribution < -0.4 is 16.4 Å². The highest BCUT2D eigenvalue weighted by molar-refractivity contribution is 6.00. The number of nitrogens with two attached hydrogens (primary N) is 1. The Morgan fingerprint density at radius 3 is 2.79 bits per heavy atom. The Balaban J connectivity index is 0.00000117. The van der Waals surface area contributed by atoms with Crippen molar-refractivity contribution in [2.45, 2.75) is 20.8 Å². The number of benzene rings is 2. The van der Waals surface area contributed by atoms with Gasteiger partial charge in [-0.1, -0.05) is 26.0 Å². The Morgan fingerprint density at radius 2 is 2.00 bits per heavy atom. The van der Waals surface area contributed by atoms with E-state index in [0.717, 1.165) is 22.2 Å². The van der Waals surface area contributed by atoms with E-state index in [9.17, 15) is 9.18 Å². The number of hydrogen-bond acceptors (Lipinski definition) is 4. The first-order valence-corrected chi connectivity index (χ1v) is 9.13. The average molecular weight is 395 g/mol. The molecule has 2 aromatic heterocycles. The van der Waals surface area contributed by atoms with Gasteiger partial charge in [0.2, 0.25) is 0 Å². The lowest BCUT2D eigenvalue weighted by Crippen LogP contribution is -2.19. The molecule has 150 valence electrons. The maximum atomic E-state index is 13.8. The number of nitrogens with zero attached hydrogens (tertiary/aromatic N) is 3. The topological polar surface area (TPSA) is 114 Å². The molecule has 0 saturated carbocycles. The number of aryl methyl sites for hydroxylation is 1. The van der Waals surface area contributed by atoms with Crippen molar-refractivity contribution < 1.29 is 9.18 Å². The van der Waals surface area contributed by atoms with Crippen LogP contribution in [0.1, 0.15) is 19.4 Å². The standard InChI is InChI=1S/C18H16FN7O.C2H6/c1-10-5-6-12(19)14(7-10)23-18(27)22-11-8-21-26(9-11)15-4-2-3-13-16(15)17(20)25-24-13;1-2/h2-9H,1H3,(H3,20,24,25)(H2,22,23,27);1-2H3. The molecule has 0 atom stereocenters. The summed E-state index contributed by atoms with van der Waals surface area (Å²) in [5, 5.41) is 16.9. The van der Waals surface area contributed by atoms with E-state index in [1.807, 2.05) is 39.0 Å². The van der Waals surface area contributed by atoms with Gasteiger partial charge in [0, 0.05) is 0 Å². The second-order valence-electron chi connectivity index (χ2n) is 6.04. The highest BCUT2D eigenvalue weighted by Gasteiger charge is 2.12. The quantitative estimate of drug-likeness (QED) is 0.410. The lowest BCUT2D eigenvalue weighted by atomic mass is 10.2. The number of amides is 2. The molecular formula is C20H22FN7O. The molecule has 0 bridgehead atoms. The second kappa shape index (κ2) is 8.42. The number of rotatable bonds is 3. The molecular weight excluding hydrogens is 373 g/mol. The van der Waals surface area contributed by atoms with E-state index < -0.39 is 11.8 Å². The first-order chi connectivity index (χ1) is 14.0. The van der Waals surface area contributed by atoms with Gasteiger partial charge in [-0.3, -0.25) is 5.10 Å². The molecule has 0 saturated heterocycles. The molecule has 4 rings (SSSR count). The van der Waals surface area contributed by atoms with Gasteiger partial charge in [0.05, 0.1) is 40.4 Å². The molecule has 9 heteroatoms. The molecule has 2 heterocycles. The normalized spacial score (nSPS) is 10.3. The lowest BCUT2D eigenvalue weighted by molar-refractivity contribution is 0.262. The molecule has 2 amide bonds. The third-order valence-electron chi connectivity index (χ3n) is 4.05. The van der Waals surface area contributed by atoms with Gasteiger partial charge in [-0.25, -0.2) is 13.9 Å². The molecule has 29 heavy (non-hydrogen) atoms. The number of carbonyl (C=O) groups is 1. The number of aromatic nitrogens is 4. The average Bonchev–Trinajstić information content (AvgIpc) is 3.33. The van der Waals surface area contributed by atoms with Gasteiger partial charge in [0.1, 0.15) is 5.82 Å². The van der Waals surface area contributed by atoms with Crippen LogP contribution in [0, 0.1) is 12.7 Å². The van der Waals surface area contributed by atoms with E-state index in [2.05, 4.69) is 25.9 Å². The monoisotopic (exact) mass is 395 g/mol. The minimum atomic E-state index is -0.569. The third kappa shape index (κ3) is 4.18. The molecule has 8 nitrogen and oxygen atoms in total. The van der Waals surface area contributed by atoms with Crippen molar-refractivity contribution in [3.05, 3.63) is 60.2 Å². The largest absolute Gasteiger partial charge is 0.382 e. The summed E-state index contributed by atoms with van der Waals surface area (Å²) in [5.74, 6) is -0.146. The van der Waals surface area contributed by atoms with E-state index in [-0.39, 0.29) is 5.69 Å². The van der Waals surface area contributed by atoms with Crippen LogP contribution in [0.15, 0.2) is 48.8 Å². The molecule has 0 radical (unpaired) electrons. The molecule has 0 spiro atoms. The van der Waals surface area contributed by atoms with Crippen molar-refractivity contribution in [2.24, 2.45) is 0 Å². The van der Waals surface area contributed by atoms with Crippen LogP contribution in [-0.4, -0.2) is 26.0 Å². The zero-order valence-electron chi connectivity index (χ0n) is 16.3. The second-order valence-corrected chi connectivity index (χ2v) is 6.04. The summed E-state index contributed by atoms with van der Waals surface area (Å²) in [5.41, 5.74) is 8.80. The zero-order chi connectivity index (χ0) is 21.0. The summed E-state index contributed by atoms with van der Waals surface area (Å²) >= 11 is 0. The van der Waals surface area contributed by atoms with Gasteiger partial charge in [-0.15, -0.1) is 0 Å². The summed E-state index contributed by atoms with van der Waals surface area (Å²) in [4.78, 5) is 12.2. The number of aromatic amines is 1. The van der Waals surface area contributed by atoms with Crippen molar-refractivity contribution >= 4 is 34.1 Å². The summed E-state index contributed by atoms with van der Waals surface area (Å²) in [6.07, 6.45) is 3.12. The number of nitrogen functional groups attached to an aromatic ring is 1. The molecule has 5 N–H and O–H groups in total. The van der Waals surface area contributed by atoms with Gasteiger partial charge >= 0.3 is 6.03 Å². The van der Waals surface area contributed by atoms with Crippen molar-refractivity contribution in [1.82, 2.24) is 20.0 Å². The number of anilines is 3. The Labute approximate surface area is 166 Å². The number of halogens is 1. The fourth-order valence-electron chi connectivity index (χ4n) is 2.81. The van der Waals surface area contributed by atoms with E-state index >= 15 is 0 Å². The van der Waals surface area contributed by atoms with Crippen LogP contribution in [-0.2, 0) is 0 Å². The van der Waals surface area contributed by atoms with Crippen LogP contribution in [0.25, 0.3) is 16.6 Å². The lowest BCUT2D eigenvalue weighted by Gasteiger charge is -2.08. The van der Waals surface area contributed by atoms with Crippen molar-refractivity contribution in [3.8, 4) is 5.69 Å². The fourth-order valence-corrected chi connectivity index (χ4v) is 2.81. The zero-order valence-corrected chi connectivity index (χ0v) is 16.3. The molecule has 0 unspecified atom stereocenters. The predicted octanol–water partition coefficient (Wildman–Crippen LogP) is 4.45. The van der Waals surface area contributed by atoms with E-state index in [1.54, 1.807) is 23.0 Å². The van der Waals surface area contributed by atoms with Gasteiger partial charge in [0.25, 0.3) is 0 Å². The van der Waals surface area contributed by atoms with Crippen LogP contribution in [0.2, 0.25) is 0 Å². The summed E-state index contributed by atoms with van der Waals surface area (Å²) in [7, 11) is 0. The van der Waals surface area contributed by atoms with Gasteiger partial charge in [-0.05, 0) is 36.8 Å². The predicted molar refractivity (Wildman–Crippen MR) is 113 cm³/mol. The molecule has 0 aliphatic rings. The molecule has 0 aliphatic carbocycles. The van der Waals surface area contributed by atoms with E-state index in [4.69, 9.17) is 5.73 Å². The summed E-state index contributed by atoms with van der Waals surface area (Å²) in [6.45, 7) is 5.81. The Morgan fingerprint density at radius 1 is 1.21 bits per heavy atom. The highest BCUT2D eigenvalue weighted by Crippen LogP contribution is 2.26. The fraction of sp³-hybridized carbons (Fsp3) is 0.150. The first kappa shape index (κ1) is 19.9. The van der Waals surface area contributed by atoms with Crippen molar-refractivity contribution in [1.29, 1.82) is 0 Å². The highest BCUT2D eigenvalue weighted by atomic mass is 19.1. The third-order valence-corrected chi connectivity index (χ3v) is 4.05. The Hall–Kier alpha value is -3.88. The number of nitrogens with one attached hydrogen (secondary N) is 3. The molecule has 4 aromatic rings.